The summed E-state index contributed by atoms with van der Waals surface area (Å²) in [6.45, 7) is 6.54. The van der Waals surface area contributed by atoms with Gasteiger partial charge in [0.25, 0.3) is 0 Å². The second-order valence-corrected chi connectivity index (χ2v) is 4.26. The van der Waals surface area contributed by atoms with Crippen LogP contribution in [0.15, 0.2) is 0 Å². The number of nitrogens with zero attached hydrogens (tertiary/aromatic N) is 1. The van der Waals surface area contributed by atoms with Crippen LogP contribution in [0.1, 0.15) is 46.0 Å². The van der Waals surface area contributed by atoms with E-state index < -0.39 is 0 Å². The molecular formula is C11H23NO. The molecule has 2 heteroatoms. The van der Waals surface area contributed by atoms with E-state index >= 15 is 0 Å². The van der Waals surface area contributed by atoms with Gasteiger partial charge in [-0.15, -0.1) is 0 Å². The SMILES string of the molecule is CCCN(CCCC(C)O)C1CC1. The van der Waals surface area contributed by atoms with Gasteiger partial charge in [0.15, 0.2) is 0 Å². The van der Waals surface area contributed by atoms with Gasteiger partial charge in [0.1, 0.15) is 0 Å². The standard InChI is InChI=1S/C11H23NO/c1-3-8-12(11-6-7-11)9-4-5-10(2)13/h10-11,13H,3-9H2,1-2H3. The maximum atomic E-state index is 9.13. The number of hydrogen-bond acceptors (Lipinski definition) is 2. The minimum Gasteiger partial charge on any atom is -0.393 e. The smallest absolute Gasteiger partial charge is 0.0512 e. The van der Waals surface area contributed by atoms with E-state index in [1.165, 1.54) is 32.4 Å². The molecule has 0 saturated heterocycles. The van der Waals surface area contributed by atoms with Crippen LogP contribution in [0.4, 0.5) is 0 Å². The zero-order valence-electron chi connectivity index (χ0n) is 9.00. The molecule has 0 amide bonds. The van der Waals surface area contributed by atoms with Gasteiger partial charge in [-0.25, -0.2) is 0 Å². The molecule has 2 nitrogen and oxygen atoms in total. The van der Waals surface area contributed by atoms with Crippen molar-refractivity contribution in [1.29, 1.82) is 0 Å². The van der Waals surface area contributed by atoms with E-state index in [2.05, 4.69) is 11.8 Å². The molecule has 1 saturated carbocycles. The van der Waals surface area contributed by atoms with Crippen LogP contribution >= 0.6 is 0 Å². The summed E-state index contributed by atoms with van der Waals surface area (Å²) in [7, 11) is 0. The monoisotopic (exact) mass is 185 g/mol. The molecule has 13 heavy (non-hydrogen) atoms. The Morgan fingerprint density at radius 2 is 2.08 bits per heavy atom. The van der Waals surface area contributed by atoms with Crippen LogP contribution in [-0.4, -0.2) is 35.2 Å². The van der Waals surface area contributed by atoms with E-state index in [1.807, 2.05) is 6.92 Å². The first-order valence-corrected chi connectivity index (χ1v) is 5.66. The van der Waals surface area contributed by atoms with E-state index in [4.69, 9.17) is 5.11 Å². The predicted octanol–water partition coefficient (Wildman–Crippen LogP) is 2.02. The molecule has 0 spiro atoms. The van der Waals surface area contributed by atoms with Gasteiger partial charge in [-0.1, -0.05) is 6.92 Å². The van der Waals surface area contributed by atoms with E-state index in [1.54, 1.807) is 0 Å². The lowest BCUT2D eigenvalue weighted by Crippen LogP contribution is -2.28. The third-order valence-corrected chi connectivity index (χ3v) is 2.64. The largest absolute Gasteiger partial charge is 0.393 e. The van der Waals surface area contributed by atoms with Gasteiger partial charge in [0.2, 0.25) is 0 Å². The highest BCUT2D eigenvalue weighted by Gasteiger charge is 2.27. The van der Waals surface area contributed by atoms with Crippen LogP contribution in [0.2, 0.25) is 0 Å². The van der Waals surface area contributed by atoms with Crippen molar-refractivity contribution in [3.05, 3.63) is 0 Å². The minimum atomic E-state index is -0.123. The van der Waals surface area contributed by atoms with Crippen molar-refractivity contribution in [2.75, 3.05) is 13.1 Å². The van der Waals surface area contributed by atoms with Gasteiger partial charge in [0, 0.05) is 6.04 Å². The molecule has 1 rings (SSSR count). The molecule has 1 unspecified atom stereocenters. The summed E-state index contributed by atoms with van der Waals surface area (Å²) in [6, 6.07) is 0.883. The molecule has 78 valence electrons. The lowest BCUT2D eigenvalue weighted by molar-refractivity contribution is 0.169. The Labute approximate surface area is 81.9 Å². The maximum Gasteiger partial charge on any atom is 0.0512 e. The number of rotatable bonds is 7. The van der Waals surface area contributed by atoms with Crippen molar-refractivity contribution in [3.63, 3.8) is 0 Å². The summed E-state index contributed by atoms with van der Waals surface area (Å²) in [5.74, 6) is 0. The van der Waals surface area contributed by atoms with Gasteiger partial charge in [-0.05, 0) is 52.1 Å². The molecule has 0 radical (unpaired) electrons. The zero-order valence-corrected chi connectivity index (χ0v) is 9.00. The maximum absolute atomic E-state index is 9.13. The van der Waals surface area contributed by atoms with Gasteiger partial charge < -0.3 is 10.0 Å². The summed E-state index contributed by atoms with van der Waals surface area (Å²) in [6.07, 6.45) is 6.03. The summed E-state index contributed by atoms with van der Waals surface area (Å²) in [5.41, 5.74) is 0. The molecule has 1 N–H and O–H groups in total. The van der Waals surface area contributed by atoms with Crippen molar-refractivity contribution in [3.8, 4) is 0 Å². The van der Waals surface area contributed by atoms with Gasteiger partial charge in [0.05, 0.1) is 6.10 Å². The van der Waals surface area contributed by atoms with E-state index in [0.717, 1.165) is 18.9 Å². The molecule has 0 aromatic heterocycles. The van der Waals surface area contributed by atoms with Gasteiger partial charge >= 0.3 is 0 Å². The molecule has 0 heterocycles. The Balaban J connectivity index is 2.07. The van der Waals surface area contributed by atoms with Crippen LogP contribution in [0.25, 0.3) is 0 Å². The second-order valence-electron chi connectivity index (χ2n) is 4.26. The first kappa shape index (κ1) is 11.0. The summed E-state index contributed by atoms with van der Waals surface area (Å²) in [4.78, 5) is 2.59. The summed E-state index contributed by atoms with van der Waals surface area (Å²) >= 11 is 0. The predicted molar refractivity (Wildman–Crippen MR) is 55.8 cm³/mol. The quantitative estimate of drug-likeness (QED) is 0.656. The van der Waals surface area contributed by atoms with Crippen LogP contribution < -0.4 is 0 Å². The highest BCUT2D eigenvalue weighted by molar-refractivity contribution is 4.84. The van der Waals surface area contributed by atoms with Crippen molar-refractivity contribution < 1.29 is 5.11 Å². The fraction of sp³-hybridized carbons (Fsp3) is 1.00. The number of aliphatic hydroxyl groups excluding tert-OH is 1. The van der Waals surface area contributed by atoms with Crippen LogP contribution in [0, 0.1) is 0 Å². The molecule has 0 aromatic carbocycles. The van der Waals surface area contributed by atoms with Gasteiger partial charge in [-0.2, -0.15) is 0 Å². The molecule has 1 atom stereocenters. The van der Waals surface area contributed by atoms with Crippen molar-refractivity contribution in [1.82, 2.24) is 4.90 Å². The topological polar surface area (TPSA) is 23.5 Å². The Bertz CT molecular complexity index is 132. The fourth-order valence-electron chi connectivity index (χ4n) is 1.79. The third kappa shape index (κ3) is 4.63. The average Bonchev–Trinajstić information content (AvgIpc) is 2.84. The van der Waals surface area contributed by atoms with Crippen molar-refractivity contribution in [2.24, 2.45) is 0 Å². The zero-order chi connectivity index (χ0) is 9.68. The Kier molecular flexibility index (Phi) is 4.74. The van der Waals surface area contributed by atoms with E-state index in [0.29, 0.717) is 0 Å². The van der Waals surface area contributed by atoms with Crippen LogP contribution in [0.3, 0.4) is 0 Å². The lowest BCUT2D eigenvalue weighted by atomic mass is 10.2. The number of aliphatic hydroxyl groups is 1. The Morgan fingerprint density at radius 1 is 1.38 bits per heavy atom. The molecular weight excluding hydrogens is 162 g/mol. The average molecular weight is 185 g/mol. The fourth-order valence-corrected chi connectivity index (χ4v) is 1.79. The molecule has 0 aliphatic heterocycles. The van der Waals surface area contributed by atoms with Crippen LogP contribution in [-0.2, 0) is 0 Å². The summed E-state index contributed by atoms with van der Waals surface area (Å²) < 4.78 is 0. The highest BCUT2D eigenvalue weighted by Crippen LogP contribution is 2.27. The molecule has 0 bridgehead atoms. The Hall–Kier alpha value is -0.0800. The van der Waals surface area contributed by atoms with Crippen LogP contribution in [0.5, 0.6) is 0 Å². The molecule has 1 fully saturated rings. The highest BCUT2D eigenvalue weighted by atomic mass is 16.3. The van der Waals surface area contributed by atoms with Crippen molar-refractivity contribution in [2.45, 2.75) is 58.1 Å². The second kappa shape index (κ2) is 5.61. The van der Waals surface area contributed by atoms with Crippen molar-refractivity contribution >= 4 is 0 Å². The first-order valence-electron chi connectivity index (χ1n) is 5.66. The number of hydrogen-bond donors (Lipinski definition) is 1. The summed E-state index contributed by atoms with van der Waals surface area (Å²) in [5, 5.41) is 9.13. The van der Waals surface area contributed by atoms with E-state index in [9.17, 15) is 0 Å². The lowest BCUT2D eigenvalue weighted by Gasteiger charge is -2.21. The molecule has 1 aliphatic rings. The minimum absolute atomic E-state index is 0.123. The van der Waals surface area contributed by atoms with Gasteiger partial charge in [-0.3, -0.25) is 0 Å². The molecule has 0 aromatic rings. The van der Waals surface area contributed by atoms with E-state index in [-0.39, 0.29) is 6.10 Å². The first-order chi connectivity index (χ1) is 6.24. The molecule has 1 aliphatic carbocycles. The Morgan fingerprint density at radius 3 is 2.54 bits per heavy atom. The third-order valence-electron chi connectivity index (χ3n) is 2.64. The normalized spacial score (nSPS) is 19.4.